The zero-order chi connectivity index (χ0) is 11.7. The van der Waals surface area contributed by atoms with Gasteiger partial charge in [-0.2, -0.15) is 0 Å². The lowest BCUT2D eigenvalue weighted by Gasteiger charge is -2.09. The molecule has 0 saturated heterocycles. The van der Waals surface area contributed by atoms with E-state index in [0.29, 0.717) is 11.4 Å². The van der Waals surface area contributed by atoms with Gasteiger partial charge in [-0.3, -0.25) is 0 Å². The van der Waals surface area contributed by atoms with Crippen molar-refractivity contribution in [2.45, 2.75) is 0 Å². The van der Waals surface area contributed by atoms with Crippen LogP contribution in [-0.2, 0) is 0 Å². The van der Waals surface area contributed by atoms with E-state index in [9.17, 15) is 5.11 Å². The van der Waals surface area contributed by atoms with E-state index in [1.165, 1.54) is 10.9 Å². The van der Waals surface area contributed by atoms with Crippen molar-refractivity contribution < 1.29 is 5.11 Å². The van der Waals surface area contributed by atoms with Crippen molar-refractivity contribution in [1.29, 1.82) is 0 Å². The van der Waals surface area contributed by atoms with E-state index in [1.807, 2.05) is 6.07 Å². The monoisotopic (exact) mass is 264 g/mol. The van der Waals surface area contributed by atoms with Crippen LogP contribution in [0.3, 0.4) is 0 Å². The van der Waals surface area contributed by atoms with Crippen molar-refractivity contribution in [2.24, 2.45) is 0 Å². The zero-order valence-corrected chi connectivity index (χ0v) is 9.90. The van der Waals surface area contributed by atoms with E-state index in [0.717, 1.165) is 0 Å². The number of phenolic OH excluding ortho intramolecular Hbond substituents is 1. The summed E-state index contributed by atoms with van der Waals surface area (Å²) in [6.07, 6.45) is 6.44. The first-order chi connectivity index (χ1) is 8.36. The predicted molar refractivity (Wildman–Crippen MR) is 65.2 cm³/mol. The van der Waals surface area contributed by atoms with Gasteiger partial charge in [-0.1, -0.05) is 16.5 Å². The number of para-hydroxylation sites is 1. The third-order valence-electron chi connectivity index (χ3n) is 2.31. The maximum atomic E-state index is 9.91. The molecule has 92 valence electrons. The molecule has 0 aliphatic carbocycles. The molecule has 2 heterocycles. The van der Waals surface area contributed by atoms with Crippen LogP contribution in [0.15, 0.2) is 43.0 Å². The Bertz CT molecular complexity index is 622. The molecule has 0 aliphatic heterocycles. The minimum Gasteiger partial charge on any atom is -0.506 e. The number of hydrogen-bond donors (Lipinski definition) is 1. The molecule has 18 heavy (non-hydrogen) atoms. The summed E-state index contributed by atoms with van der Waals surface area (Å²) in [6, 6.07) is 5.12. The van der Waals surface area contributed by atoms with Gasteiger partial charge in [-0.15, -0.1) is 22.6 Å². The quantitative estimate of drug-likeness (QED) is 0.746. The fourth-order valence-corrected chi connectivity index (χ4v) is 1.60. The number of phenols is 1. The lowest BCUT2D eigenvalue weighted by molar-refractivity contribution is 0.469. The molecule has 3 rings (SSSR count). The van der Waals surface area contributed by atoms with Crippen molar-refractivity contribution in [3.63, 3.8) is 0 Å². The van der Waals surface area contributed by atoms with Gasteiger partial charge in [0.25, 0.3) is 0 Å². The standard InChI is InChI=1S/C10H8N6O.ClH/c17-9-3-1-2-8(15-6-4-11-13-15)10(9)16-7-5-12-14-16;/h1-7,17H;1H. The van der Waals surface area contributed by atoms with Gasteiger partial charge in [-0.25, -0.2) is 9.36 Å². The zero-order valence-electron chi connectivity index (χ0n) is 9.08. The molecule has 0 aliphatic rings. The third-order valence-corrected chi connectivity index (χ3v) is 2.31. The summed E-state index contributed by atoms with van der Waals surface area (Å²) in [6.45, 7) is 0. The fourth-order valence-electron chi connectivity index (χ4n) is 1.60. The average molecular weight is 265 g/mol. The predicted octanol–water partition coefficient (Wildman–Crippen LogP) is 0.975. The van der Waals surface area contributed by atoms with Crippen molar-refractivity contribution >= 4 is 12.4 Å². The Balaban J connectivity index is 0.00000120. The molecule has 0 radical (unpaired) electrons. The number of halogens is 1. The highest BCUT2D eigenvalue weighted by Crippen LogP contribution is 2.26. The second kappa shape index (κ2) is 4.84. The Morgan fingerprint density at radius 1 is 0.944 bits per heavy atom. The molecular weight excluding hydrogens is 256 g/mol. The summed E-state index contributed by atoms with van der Waals surface area (Å²) in [5.41, 5.74) is 1.18. The Labute approximate surface area is 108 Å². The molecule has 0 unspecified atom stereocenters. The largest absolute Gasteiger partial charge is 0.506 e. The first-order valence-corrected chi connectivity index (χ1v) is 4.91. The van der Waals surface area contributed by atoms with Crippen LogP contribution in [0.4, 0.5) is 0 Å². The minimum absolute atomic E-state index is 0. The molecule has 2 aromatic heterocycles. The maximum absolute atomic E-state index is 9.91. The second-order valence-corrected chi connectivity index (χ2v) is 3.34. The van der Waals surface area contributed by atoms with Crippen LogP contribution in [0, 0.1) is 0 Å². The van der Waals surface area contributed by atoms with Crippen molar-refractivity contribution in [3.8, 4) is 17.1 Å². The van der Waals surface area contributed by atoms with E-state index < -0.39 is 0 Å². The van der Waals surface area contributed by atoms with Gasteiger partial charge in [0, 0.05) is 0 Å². The Hall–Kier alpha value is -2.41. The number of rotatable bonds is 2. The number of benzene rings is 1. The highest BCUT2D eigenvalue weighted by atomic mass is 35.5. The molecule has 0 atom stereocenters. The molecule has 0 bridgehead atoms. The number of aromatic hydroxyl groups is 1. The molecule has 0 amide bonds. The molecular formula is C10H9ClN6O. The molecule has 7 nitrogen and oxygen atoms in total. The minimum atomic E-state index is 0. The van der Waals surface area contributed by atoms with Crippen LogP contribution >= 0.6 is 12.4 Å². The van der Waals surface area contributed by atoms with Crippen molar-refractivity contribution in [2.75, 3.05) is 0 Å². The molecule has 0 spiro atoms. The first kappa shape index (κ1) is 12.1. The van der Waals surface area contributed by atoms with Crippen molar-refractivity contribution in [1.82, 2.24) is 30.0 Å². The highest BCUT2D eigenvalue weighted by Gasteiger charge is 2.12. The summed E-state index contributed by atoms with van der Waals surface area (Å²) in [5, 5.41) is 25.1. The normalized spacial score (nSPS) is 10.0. The van der Waals surface area contributed by atoms with E-state index >= 15 is 0 Å². The van der Waals surface area contributed by atoms with E-state index in [4.69, 9.17) is 0 Å². The van der Waals surface area contributed by atoms with Gasteiger partial charge in [-0.05, 0) is 12.1 Å². The molecule has 1 N–H and O–H groups in total. The van der Waals surface area contributed by atoms with Gasteiger partial charge in [0.15, 0.2) is 0 Å². The molecule has 8 heteroatoms. The molecule has 1 aromatic carbocycles. The third kappa shape index (κ3) is 1.91. The van der Waals surface area contributed by atoms with Crippen LogP contribution in [0.5, 0.6) is 5.75 Å². The van der Waals surface area contributed by atoms with E-state index in [2.05, 4.69) is 20.6 Å². The summed E-state index contributed by atoms with van der Waals surface area (Å²) in [5.74, 6) is 0.100. The summed E-state index contributed by atoms with van der Waals surface area (Å²) in [4.78, 5) is 0. The average Bonchev–Trinajstić information content (AvgIpc) is 3.02. The second-order valence-electron chi connectivity index (χ2n) is 3.34. The SMILES string of the molecule is Cl.Oc1cccc(-n2ccnn2)c1-n1ccnn1. The smallest absolute Gasteiger partial charge is 0.143 e. The molecule has 0 saturated carbocycles. The van der Waals surface area contributed by atoms with Crippen LogP contribution in [0.25, 0.3) is 11.4 Å². The maximum Gasteiger partial charge on any atom is 0.143 e. The van der Waals surface area contributed by atoms with Crippen LogP contribution < -0.4 is 0 Å². The van der Waals surface area contributed by atoms with Crippen LogP contribution in [-0.4, -0.2) is 35.1 Å². The Kier molecular flexibility index (Phi) is 3.24. The van der Waals surface area contributed by atoms with Crippen LogP contribution in [0.1, 0.15) is 0 Å². The topological polar surface area (TPSA) is 81.6 Å². The molecule has 0 fully saturated rings. The fraction of sp³-hybridized carbons (Fsp3) is 0. The Morgan fingerprint density at radius 3 is 2.22 bits per heavy atom. The van der Waals surface area contributed by atoms with E-state index in [1.54, 1.807) is 35.4 Å². The number of aromatic nitrogens is 6. The summed E-state index contributed by atoms with van der Waals surface area (Å²) < 4.78 is 3.03. The van der Waals surface area contributed by atoms with Gasteiger partial charge in [0.1, 0.15) is 11.4 Å². The summed E-state index contributed by atoms with van der Waals surface area (Å²) in [7, 11) is 0. The number of hydrogen-bond acceptors (Lipinski definition) is 5. The van der Waals surface area contributed by atoms with E-state index in [-0.39, 0.29) is 18.2 Å². The van der Waals surface area contributed by atoms with Gasteiger partial charge >= 0.3 is 0 Å². The van der Waals surface area contributed by atoms with Gasteiger partial charge < -0.3 is 5.11 Å². The van der Waals surface area contributed by atoms with Gasteiger partial charge in [0.2, 0.25) is 0 Å². The van der Waals surface area contributed by atoms with Gasteiger partial charge in [0.05, 0.1) is 30.5 Å². The van der Waals surface area contributed by atoms with Crippen molar-refractivity contribution in [3.05, 3.63) is 43.0 Å². The Morgan fingerprint density at radius 2 is 1.61 bits per heavy atom. The lowest BCUT2D eigenvalue weighted by Crippen LogP contribution is -2.04. The van der Waals surface area contributed by atoms with Crippen LogP contribution in [0.2, 0.25) is 0 Å². The highest BCUT2D eigenvalue weighted by molar-refractivity contribution is 5.85. The lowest BCUT2D eigenvalue weighted by atomic mass is 10.2. The molecule has 3 aromatic rings. The summed E-state index contributed by atoms with van der Waals surface area (Å²) >= 11 is 0. The first-order valence-electron chi connectivity index (χ1n) is 4.91. The number of nitrogens with zero attached hydrogens (tertiary/aromatic N) is 6.